The molecule has 1 aromatic heterocycles. The zero-order valence-corrected chi connectivity index (χ0v) is 7.75. The van der Waals surface area contributed by atoms with E-state index in [2.05, 4.69) is 18.8 Å². The van der Waals surface area contributed by atoms with Gasteiger partial charge in [-0.2, -0.15) is 0 Å². The molecule has 0 aromatic carbocycles. The van der Waals surface area contributed by atoms with E-state index in [9.17, 15) is 0 Å². The van der Waals surface area contributed by atoms with E-state index in [0.717, 1.165) is 25.0 Å². The number of oxazole rings is 1. The molecule has 0 radical (unpaired) electrons. The van der Waals surface area contributed by atoms with Crippen LogP contribution in [0.2, 0.25) is 0 Å². The number of aromatic amines is 1. The molecule has 0 unspecified atom stereocenters. The third kappa shape index (κ3) is 1.93. The van der Waals surface area contributed by atoms with Crippen LogP contribution in [0.15, 0.2) is 4.42 Å². The van der Waals surface area contributed by atoms with Crippen molar-refractivity contribution < 1.29 is 4.42 Å². The molecule has 1 rings (SSSR count). The van der Waals surface area contributed by atoms with E-state index in [-0.39, 0.29) is 0 Å². The van der Waals surface area contributed by atoms with E-state index < -0.39 is 0 Å². The van der Waals surface area contributed by atoms with Crippen molar-refractivity contribution in [2.24, 2.45) is 0 Å². The van der Waals surface area contributed by atoms with Crippen LogP contribution in [0, 0.1) is 4.84 Å². The highest BCUT2D eigenvalue weighted by atomic mass is 32.1. The van der Waals surface area contributed by atoms with Crippen LogP contribution in [0.4, 0.5) is 0 Å². The molecular formula is C8H13NOS. The van der Waals surface area contributed by atoms with Gasteiger partial charge in [0.1, 0.15) is 5.76 Å². The maximum atomic E-state index is 5.28. The zero-order valence-electron chi connectivity index (χ0n) is 6.94. The van der Waals surface area contributed by atoms with Crippen molar-refractivity contribution in [3.8, 4) is 0 Å². The van der Waals surface area contributed by atoms with Crippen molar-refractivity contribution in [2.45, 2.75) is 33.1 Å². The fourth-order valence-corrected chi connectivity index (χ4v) is 1.35. The Morgan fingerprint density at radius 1 is 1.45 bits per heavy atom. The Labute approximate surface area is 71.6 Å². The highest BCUT2D eigenvalue weighted by Crippen LogP contribution is 2.10. The SMILES string of the molecule is CCCc1[nH]c(=S)oc1CC. The molecule has 2 nitrogen and oxygen atoms in total. The highest BCUT2D eigenvalue weighted by molar-refractivity contribution is 7.71. The molecule has 0 atom stereocenters. The number of rotatable bonds is 3. The van der Waals surface area contributed by atoms with Crippen LogP contribution in [-0.2, 0) is 12.8 Å². The molecule has 0 spiro atoms. The fourth-order valence-electron chi connectivity index (χ4n) is 1.13. The summed E-state index contributed by atoms with van der Waals surface area (Å²) in [6.07, 6.45) is 3.07. The molecule has 1 heterocycles. The Morgan fingerprint density at radius 3 is 2.73 bits per heavy atom. The summed E-state index contributed by atoms with van der Waals surface area (Å²) in [5.41, 5.74) is 1.17. The van der Waals surface area contributed by atoms with Crippen molar-refractivity contribution in [3.63, 3.8) is 0 Å². The van der Waals surface area contributed by atoms with Gasteiger partial charge in [-0.25, -0.2) is 0 Å². The third-order valence-electron chi connectivity index (χ3n) is 1.63. The van der Waals surface area contributed by atoms with Crippen LogP contribution >= 0.6 is 12.2 Å². The largest absolute Gasteiger partial charge is 0.434 e. The molecular weight excluding hydrogens is 158 g/mol. The second-order valence-electron chi connectivity index (χ2n) is 2.52. The van der Waals surface area contributed by atoms with Gasteiger partial charge in [0, 0.05) is 6.42 Å². The monoisotopic (exact) mass is 171 g/mol. The lowest BCUT2D eigenvalue weighted by molar-refractivity contribution is 0.492. The van der Waals surface area contributed by atoms with Gasteiger partial charge in [-0.05, 0) is 18.6 Å². The van der Waals surface area contributed by atoms with Gasteiger partial charge in [-0.3, -0.25) is 0 Å². The molecule has 0 bridgehead atoms. The van der Waals surface area contributed by atoms with Crippen LogP contribution in [0.1, 0.15) is 31.7 Å². The summed E-state index contributed by atoms with van der Waals surface area (Å²) >= 11 is 4.88. The predicted molar refractivity (Wildman–Crippen MR) is 47.3 cm³/mol. The smallest absolute Gasteiger partial charge is 0.266 e. The summed E-state index contributed by atoms with van der Waals surface area (Å²) in [7, 11) is 0. The molecule has 0 aliphatic heterocycles. The number of nitrogens with one attached hydrogen (secondary N) is 1. The Hall–Kier alpha value is -0.570. The first-order valence-corrected chi connectivity index (χ1v) is 4.39. The molecule has 3 heteroatoms. The number of H-pyrrole nitrogens is 1. The van der Waals surface area contributed by atoms with Gasteiger partial charge < -0.3 is 9.40 Å². The lowest BCUT2D eigenvalue weighted by atomic mass is 10.2. The maximum Gasteiger partial charge on any atom is 0.266 e. The van der Waals surface area contributed by atoms with E-state index in [1.54, 1.807) is 0 Å². The van der Waals surface area contributed by atoms with Crippen molar-refractivity contribution in [2.75, 3.05) is 0 Å². The lowest BCUT2D eigenvalue weighted by Crippen LogP contribution is -1.88. The minimum Gasteiger partial charge on any atom is -0.434 e. The van der Waals surface area contributed by atoms with E-state index in [1.807, 2.05) is 0 Å². The zero-order chi connectivity index (χ0) is 8.27. The first-order valence-electron chi connectivity index (χ1n) is 3.98. The molecule has 0 saturated carbocycles. The Balaban J connectivity index is 2.92. The molecule has 0 saturated heterocycles. The van der Waals surface area contributed by atoms with Crippen molar-refractivity contribution in [1.82, 2.24) is 4.98 Å². The molecule has 1 aromatic rings. The van der Waals surface area contributed by atoms with Crippen molar-refractivity contribution >= 4 is 12.2 Å². The summed E-state index contributed by atoms with van der Waals surface area (Å²) in [5, 5.41) is 0. The molecule has 11 heavy (non-hydrogen) atoms. The van der Waals surface area contributed by atoms with Crippen molar-refractivity contribution in [3.05, 3.63) is 16.3 Å². The second kappa shape index (κ2) is 3.72. The van der Waals surface area contributed by atoms with Crippen molar-refractivity contribution in [1.29, 1.82) is 0 Å². The summed E-state index contributed by atoms with van der Waals surface area (Å²) in [6, 6.07) is 0. The van der Waals surface area contributed by atoms with E-state index in [1.165, 1.54) is 5.69 Å². The quantitative estimate of drug-likeness (QED) is 0.708. The van der Waals surface area contributed by atoms with Crippen LogP contribution in [0.3, 0.4) is 0 Å². The predicted octanol–water partition coefficient (Wildman–Crippen LogP) is 2.85. The maximum absolute atomic E-state index is 5.28. The van der Waals surface area contributed by atoms with E-state index in [4.69, 9.17) is 16.6 Å². The Morgan fingerprint density at radius 2 is 2.18 bits per heavy atom. The van der Waals surface area contributed by atoms with Gasteiger partial charge in [-0.1, -0.05) is 20.3 Å². The van der Waals surface area contributed by atoms with Crippen LogP contribution in [-0.4, -0.2) is 4.98 Å². The molecule has 0 amide bonds. The number of hydrogen-bond acceptors (Lipinski definition) is 2. The second-order valence-corrected chi connectivity index (χ2v) is 2.89. The summed E-state index contributed by atoms with van der Waals surface area (Å²) in [6.45, 7) is 4.21. The van der Waals surface area contributed by atoms with E-state index >= 15 is 0 Å². The van der Waals surface area contributed by atoms with Gasteiger partial charge in [0.25, 0.3) is 4.84 Å². The number of aryl methyl sites for hydroxylation is 2. The highest BCUT2D eigenvalue weighted by Gasteiger charge is 2.03. The first kappa shape index (κ1) is 8.53. The third-order valence-corrected chi connectivity index (χ3v) is 1.81. The molecule has 62 valence electrons. The van der Waals surface area contributed by atoms with Gasteiger partial charge in [0.15, 0.2) is 0 Å². The Bertz CT molecular complexity index is 274. The number of hydrogen-bond donors (Lipinski definition) is 1. The molecule has 1 N–H and O–H groups in total. The topological polar surface area (TPSA) is 28.9 Å². The van der Waals surface area contributed by atoms with Crippen LogP contribution in [0.5, 0.6) is 0 Å². The minimum atomic E-state index is 0.505. The standard InChI is InChI=1S/C8H13NOS/c1-3-5-6-7(4-2)10-8(11)9-6/h3-5H2,1-2H3,(H,9,11). The molecule has 0 fully saturated rings. The van der Waals surface area contributed by atoms with Gasteiger partial charge >= 0.3 is 0 Å². The fraction of sp³-hybridized carbons (Fsp3) is 0.625. The average molecular weight is 171 g/mol. The van der Waals surface area contributed by atoms with E-state index in [0.29, 0.717) is 4.84 Å². The summed E-state index contributed by atoms with van der Waals surface area (Å²) in [5.74, 6) is 1.01. The number of aromatic nitrogens is 1. The Kier molecular flexibility index (Phi) is 2.88. The van der Waals surface area contributed by atoms with Crippen LogP contribution < -0.4 is 0 Å². The van der Waals surface area contributed by atoms with Gasteiger partial charge in [-0.15, -0.1) is 0 Å². The average Bonchev–Trinajstić information content (AvgIpc) is 2.32. The van der Waals surface area contributed by atoms with Gasteiger partial charge in [0.2, 0.25) is 0 Å². The summed E-state index contributed by atoms with van der Waals surface area (Å²) < 4.78 is 5.28. The van der Waals surface area contributed by atoms with Gasteiger partial charge in [0.05, 0.1) is 5.69 Å². The first-order chi connectivity index (χ1) is 5.27. The normalized spacial score (nSPS) is 10.4. The molecule has 0 aliphatic carbocycles. The lowest BCUT2D eigenvalue weighted by Gasteiger charge is -1.93. The minimum absolute atomic E-state index is 0.505. The molecule has 0 aliphatic rings. The van der Waals surface area contributed by atoms with Crippen LogP contribution in [0.25, 0.3) is 0 Å². The summed E-state index contributed by atoms with van der Waals surface area (Å²) in [4.78, 5) is 3.55.